The molecule has 0 aliphatic carbocycles. The molecular formula is C12H22O. The first-order chi connectivity index (χ1) is 5.83. The zero-order chi connectivity index (χ0) is 10.5. The molecule has 76 valence electrons. The fourth-order valence-corrected chi connectivity index (χ4v) is 0.904. The lowest BCUT2D eigenvalue weighted by Crippen LogP contribution is -2.22. The molecule has 1 heteroatoms. The summed E-state index contributed by atoms with van der Waals surface area (Å²) in [6, 6.07) is 0. The minimum Gasteiger partial charge on any atom is -0.372 e. The van der Waals surface area contributed by atoms with Gasteiger partial charge in [0.25, 0.3) is 0 Å². The van der Waals surface area contributed by atoms with Gasteiger partial charge in [0.05, 0.1) is 5.60 Å². The third kappa shape index (κ3) is 5.64. The maximum atomic E-state index is 5.55. The van der Waals surface area contributed by atoms with Crippen LogP contribution < -0.4 is 0 Å². The quantitative estimate of drug-likeness (QED) is 0.591. The van der Waals surface area contributed by atoms with Gasteiger partial charge >= 0.3 is 0 Å². The molecule has 0 aliphatic rings. The van der Waals surface area contributed by atoms with Crippen molar-refractivity contribution in [1.82, 2.24) is 0 Å². The molecule has 0 amide bonds. The highest BCUT2D eigenvalue weighted by atomic mass is 16.5. The van der Waals surface area contributed by atoms with Gasteiger partial charge < -0.3 is 4.74 Å². The fraction of sp³-hybridized carbons (Fsp3) is 0.667. The number of ether oxygens (including phenoxy) is 1. The van der Waals surface area contributed by atoms with Gasteiger partial charge in [-0.15, -0.1) is 6.58 Å². The topological polar surface area (TPSA) is 9.23 Å². The first-order valence-electron chi connectivity index (χ1n) is 4.81. The Labute approximate surface area is 82.5 Å². The largest absolute Gasteiger partial charge is 0.372 e. The van der Waals surface area contributed by atoms with Crippen LogP contribution in [-0.2, 0) is 4.74 Å². The van der Waals surface area contributed by atoms with Gasteiger partial charge in [0, 0.05) is 12.0 Å². The normalized spacial score (nSPS) is 13.6. The lowest BCUT2D eigenvalue weighted by atomic mass is 9.91. The highest BCUT2D eigenvalue weighted by Crippen LogP contribution is 2.21. The summed E-state index contributed by atoms with van der Waals surface area (Å²) in [6.07, 6.45) is 6.17. The minimum absolute atomic E-state index is 0.0500. The molecule has 13 heavy (non-hydrogen) atoms. The second-order valence-corrected chi connectivity index (χ2v) is 4.40. The van der Waals surface area contributed by atoms with E-state index in [0.29, 0.717) is 0 Å². The number of rotatable bonds is 5. The van der Waals surface area contributed by atoms with Crippen molar-refractivity contribution in [2.45, 2.75) is 40.2 Å². The third-order valence-electron chi connectivity index (χ3n) is 1.96. The Hall–Kier alpha value is -0.560. The molecule has 0 bridgehead atoms. The number of allylic oxidation sites excluding steroid dienone is 2. The van der Waals surface area contributed by atoms with E-state index in [2.05, 4.69) is 46.4 Å². The van der Waals surface area contributed by atoms with Gasteiger partial charge in [0.15, 0.2) is 0 Å². The average Bonchev–Trinajstić information content (AvgIpc) is 2.02. The molecule has 0 radical (unpaired) electrons. The van der Waals surface area contributed by atoms with Gasteiger partial charge in [0.1, 0.15) is 0 Å². The van der Waals surface area contributed by atoms with Crippen molar-refractivity contribution in [2.75, 3.05) is 6.61 Å². The average molecular weight is 182 g/mol. The van der Waals surface area contributed by atoms with Crippen molar-refractivity contribution >= 4 is 0 Å². The minimum atomic E-state index is -0.172. The highest BCUT2D eigenvalue weighted by Gasteiger charge is 2.15. The van der Waals surface area contributed by atoms with Crippen LogP contribution in [0.3, 0.4) is 0 Å². The molecule has 0 heterocycles. The highest BCUT2D eigenvalue weighted by molar-refractivity contribution is 5.09. The van der Waals surface area contributed by atoms with E-state index in [1.807, 2.05) is 13.0 Å². The molecule has 0 aromatic carbocycles. The van der Waals surface area contributed by atoms with E-state index in [0.717, 1.165) is 6.61 Å². The predicted molar refractivity (Wildman–Crippen MR) is 58.8 cm³/mol. The Bertz CT molecular complexity index is 187. The lowest BCUT2D eigenvalue weighted by Gasteiger charge is -2.22. The summed E-state index contributed by atoms with van der Waals surface area (Å²) < 4.78 is 5.55. The second kappa shape index (κ2) is 4.61. The van der Waals surface area contributed by atoms with Crippen LogP contribution in [-0.4, -0.2) is 12.2 Å². The Morgan fingerprint density at radius 1 is 1.15 bits per heavy atom. The number of hydrogen-bond donors (Lipinski definition) is 0. The van der Waals surface area contributed by atoms with E-state index in [-0.39, 0.29) is 11.0 Å². The van der Waals surface area contributed by atoms with Gasteiger partial charge in [-0.3, -0.25) is 0 Å². The van der Waals surface area contributed by atoms with Gasteiger partial charge in [-0.05, 0) is 20.8 Å². The summed E-state index contributed by atoms with van der Waals surface area (Å²) in [4.78, 5) is 0. The van der Waals surface area contributed by atoms with Crippen LogP contribution >= 0.6 is 0 Å². The standard InChI is InChI=1S/C12H22O/c1-7-11(3,4)9-10-12(5,6)13-8-2/h7,9-10H,1,8H2,2-6H3/b10-9+. The summed E-state index contributed by atoms with van der Waals surface area (Å²) in [7, 11) is 0. The lowest BCUT2D eigenvalue weighted by molar-refractivity contribution is 0.0280. The van der Waals surface area contributed by atoms with Crippen LogP contribution in [0.25, 0.3) is 0 Å². The predicted octanol–water partition coefficient (Wildman–Crippen LogP) is 3.57. The van der Waals surface area contributed by atoms with Crippen molar-refractivity contribution < 1.29 is 4.74 Å². The van der Waals surface area contributed by atoms with Gasteiger partial charge in [-0.1, -0.05) is 32.1 Å². The van der Waals surface area contributed by atoms with Crippen LogP contribution in [0, 0.1) is 5.41 Å². The van der Waals surface area contributed by atoms with Gasteiger partial charge in [-0.2, -0.15) is 0 Å². The molecule has 0 saturated carbocycles. The SMILES string of the molecule is C=CC(C)(C)/C=C/C(C)(C)OCC. The van der Waals surface area contributed by atoms with Crippen LogP contribution in [0.5, 0.6) is 0 Å². The molecule has 0 spiro atoms. The van der Waals surface area contributed by atoms with Gasteiger partial charge in [0.2, 0.25) is 0 Å². The van der Waals surface area contributed by atoms with Crippen molar-refractivity contribution in [2.24, 2.45) is 5.41 Å². The third-order valence-corrected chi connectivity index (χ3v) is 1.96. The summed E-state index contributed by atoms with van der Waals surface area (Å²) >= 11 is 0. The van der Waals surface area contributed by atoms with Crippen molar-refractivity contribution in [3.8, 4) is 0 Å². The van der Waals surface area contributed by atoms with Crippen molar-refractivity contribution in [3.05, 3.63) is 24.8 Å². The Morgan fingerprint density at radius 3 is 2.08 bits per heavy atom. The summed E-state index contributed by atoms with van der Waals surface area (Å²) in [6.45, 7) is 14.9. The Balaban J connectivity index is 4.32. The Kier molecular flexibility index (Phi) is 4.41. The molecular weight excluding hydrogens is 160 g/mol. The van der Waals surface area contributed by atoms with E-state index in [9.17, 15) is 0 Å². The maximum absolute atomic E-state index is 5.55. The van der Waals surface area contributed by atoms with Crippen molar-refractivity contribution in [3.63, 3.8) is 0 Å². The van der Waals surface area contributed by atoms with E-state index < -0.39 is 0 Å². The monoisotopic (exact) mass is 182 g/mol. The molecule has 0 aromatic rings. The molecule has 0 aliphatic heterocycles. The maximum Gasteiger partial charge on any atom is 0.0806 e. The van der Waals surface area contributed by atoms with Gasteiger partial charge in [-0.25, -0.2) is 0 Å². The van der Waals surface area contributed by atoms with E-state index >= 15 is 0 Å². The molecule has 0 unspecified atom stereocenters. The van der Waals surface area contributed by atoms with E-state index in [1.165, 1.54) is 0 Å². The fourth-order valence-electron chi connectivity index (χ4n) is 0.904. The van der Waals surface area contributed by atoms with Crippen LogP contribution in [0.4, 0.5) is 0 Å². The second-order valence-electron chi connectivity index (χ2n) is 4.40. The zero-order valence-corrected chi connectivity index (χ0v) is 9.55. The molecule has 0 atom stereocenters. The molecule has 0 rings (SSSR count). The Morgan fingerprint density at radius 2 is 1.69 bits per heavy atom. The summed E-state index contributed by atoms with van der Waals surface area (Å²) in [5, 5.41) is 0. The van der Waals surface area contributed by atoms with Crippen LogP contribution in [0.2, 0.25) is 0 Å². The summed E-state index contributed by atoms with van der Waals surface area (Å²) in [5.74, 6) is 0. The van der Waals surface area contributed by atoms with E-state index in [1.54, 1.807) is 0 Å². The van der Waals surface area contributed by atoms with E-state index in [4.69, 9.17) is 4.74 Å². The van der Waals surface area contributed by atoms with Crippen molar-refractivity contribution in [1.29, 1.82) is 0 Å². The van der Waals surface area contributed by atoms with Crippen LogP contribution in [0.1, 0.15) is 34.6 Å². The molecule has 1 nitrogen and oxygen atoms in total. The zero-order valence-electron chi connectivity index (χ0n) is 9.55. The number of hydrogen-bond acceptors (Lipinski definition) is 1. The molecule has 0 fully saturated rings. The molecule has 0 aromatic heterocycles. The molecule has 0 N–H and O–H groups in total. The first kappa shape index (κ1) is 12.4. The summed E-state index contributed by atoms with van der Waals surface area (Å²) in [5.41, 5.74) is -0.122. The smallest absolute Gasteiger partial charge is 0.0806 e. The molecule has 0 saturated heterocycles. The van der Waals surface area contributed by atoms with Crippen LogP contribution in [0.15, 0.2) is 24.8 Å². The first-order valence-corrected chi connectivity index (χ1v) is 4.81.